The third-order valence-corrected chi connectivity index (χ3v) is 9.04. The maximum absolute atomic E-state index is 2.47. The van der Waals surface area contributed by atoms with Crippen molar-refractivity contribution in [2.45, 2.75) is 48.4 Å². The Kier molecular flexibility index (Phi) is 13.2. The highest BCUT2D eigenvalue weighted by molar-refractivity contribution is 14.1. The second kappa shape index (κ2) is 11.8. The predicted molar refractivity (Wildman–Crippen MR) is 94.5 cm³/mol. The molecule has 0 heterocycles. The standard InChI is InChI=1S/C12H25IS3/c1-14-12(15-2,16-3)10-8-6-4-5-7-9-11-13/h4-11H2,1-3H3. The van der Waals surface area contributed by atoms with Gasteiger partial charge in [-0.3, -0.25) is 0 Å². The molecule has 0 rings (SSSR count). The van der Waals surface area contributed by atoms with E-state index in [1.54, 1.807) is 0 Å². The van der Waals surface area contributed by atoms with Crippen LogP contribution in [0.25, 0.3) is 0 Å². The van der Waals surface area contributed by atoms with Crippen LogP contribution < -0.4 is 0 Å². The van der Waals surface area contributed by atoms with Crippen molar-refractivity contribution >= 4 is 57.9 Å². The van der Waals surface area contributed by atoms with Crippen molar-refractivity contribution in [2.75, 3.05) is 23.2 Å². The van der Waals surface area contributed by atoms with Gasteiger partial charge >= 0.3 is 0 Å². The molecule has 0 aliphatic carbocycles. The van der Waals surface area contributed by atoms with Crippen LogP contribution in [0.4, 0.5) is 0 Å². The minimum atomic E-state index is 0.419. The smallest absolute Gasteiger partial charge is 0.106 e. The molecule has 0 aliphatic heterocycles. The Hall–Kier alpha value is 1.78. The molecule has 0 fully saturated rings. The summed E-state index contributed by atoms with van der Waals surface area (Å²) in [5, 5.41) is 0. The van der Waals surface area contributed by atoms with Crippen LogP contribution >= 0.6 is 57.9 Å². The first-order valence-electron chi connectivity index (χ1n) is 5.96. The molecule has 98 valence electrons. The van der Waals surface area contributed by atoms with E-state index in [2.05, 4.69) is 41.4 Å². The van der Waals surface area contributed by atoms with E-state index in [9.17, 15) is 0 Å². The molecule has 0 radical (unpaired) electrons. The van der Waals surface area contributed by atoms with Crippen molar-refractivity contribution in [1.82, 2.24) is 0 Å². The molecule has 4 heteroatoms. The molecular formula is C12H25IS3. The first-order chi connectivity index (χ1) is 7.74. The molecule has 16 heavy (non-hydrogen) atoms. The molecule has 0 saturated heterocycles. The van der Waals surface area contributed by atoms with Crippen LogP contribution in [-0.2, 0) is 0 Å². The average Bonchev–Trinajstić information content (AvgIpc) is 2.34. The molecule has 0 nitrogen and oxygen atoms in total. The second-order valence-corrected chi connectivity index (χ2v) is 9.03. The van der Waals surface area contributed by atoms with Crippen molar-refractivity contribution < 1.29 is 0 Å². The first-order valence-corrected chi connectivity index (χ1v) is 11.2. The molecule has 0 saturated carbocycles. The zero-order valence-corrected chi connectivity index (χ0v) is 15.4. The Morgan fingerprint density at radius 1 is 0.750 bits per heavy atom. The predicted octanol–water partition coefficient (Wildman–Crippen LogP) is 5.89. The van der Waals surface area contributed by atoms with Crippen LogP contribution in [0, 0.1) is 0 Å². The summed E-state index contributed by atoms with van der Waals surface area (Å²) in [6.45, 7) is 0. The summed E-state index contributed by atoms with van der Waals surface area (Å²) in [7, 11) is 0. The Labute approximate surface area is 128 Å². The van der Waals surface area contributed by atoms with Crippen molar-refractivity contribution in [3.8, 4) is 0 Å². The minimum Gasteiger partial charge on any atom is -0.137 e. The van der Waals surface area contributed by atoms with Gasteiger partial charge < -0.3 is 0 Å². The van der Waals surface area contributed by atoms with Crippen molar-refractivity contribution in [3.05, 3.63) is 0 Å². The van der Waals surface area contributed by atoms with Crippen molar-refractivity contribution in [1.29, 1.82) is 0 Å². The van der Waals surface area contributed by atoms with E-state index in [0.717, 1.165) is 0 Å². The first kappa shape index (κ1) is 17.8. The Bertz CT molecular complexity index is 141. The van der Waals surface area contributed by atoms with Crippen LogP contribution in [0.1, 0.15) is 44.9 Å². The lowest BCUT2D eigenvalue weighted by molar-refractivity contribution is 0.599. The van der Waals surface area contributed by atoms with Gasteiger partial charge in [0.1, 0.15) is 3.41 Å². The highest BCUT2D eigenvalue weighted by Crippen LogP contribution is 2.46. The zero-order chi connectivity index (χ0) is 12.3. The monoisotopic (exact) mass is 392 g/mol. The van der Waals surface area contributed by atoms with Gasteiger partial charge in [0.2, 0.25) is 0 Å². The van der Waals surface area contributed by atoms with Gasteiger partial charge in [0.25, 0.3) is 0 Å². The van der Waals surface area contributed by atoms with Gasteiger partial charge in [0.15, 0.2) is 0 Å². The SMILES string of the molecule is CSC(CCCCCCCCI)(SC)SC. The number of rotatable bonds is 11. The van der Waals surface area contributed by atoms with Gasteiger partial charge in [-0.1, -0.05) is 54.7 Å². The van der Waals surface area contributed by atoms with E-state index in [4.69, 9.17) is 0 Å². The molecule has 0 bridgehead atoms. The number of unbranched alkanes of at least 4 members (excludes halogenated alkanes) is 5. The van der Waals surface area contributed by atoms with Crippen molar-refractivity contribution in [3.63, 3.8) is 0 Å². The molecule has 0 N–H and O–H groups in total. The summed E-state index contributed by atoms with van der Waals surface area (Å²) in [6, 6.07) is 0. The highest BCUT2D eigenvalue weighted by Gasteiger charge is 2.25. The maximum atomic E-state index is 2.47. The molecule has 0 aromatic carbocycles. The fourth-order valence-electron chi connectivity index (χ4n) is 1.70. The van der Waals surface area contributed by atoms with Crippen LogP contribution in [0.15, 0.2) is 0 Å². The molecule has 0 amide bonds. The Balaban J connectivity index is 3.48. The second-order valence-electron chi connectivity index (χ2n) is 3.86. The number of alkyl halides is 1. The van der Waals surface area contributed by atoms with E-state index in [0.29, 0.717) is 3.41 Å². The summed E-state index contributed by atoms with van der Waals surface area (Å²) in [6.07, 6.45) is 16.6. The molecular weight excluding hydrogens is 367 g/mol. The van der Waals surface area contributed by atoms with Crippen LogP contribution in [-0.4, -0.2) is 26.6 Å². The lowest BCUT2D eigenvalue weighted by Crippen LogP contribution is -2.13. The number of thioether (sulfide) groups is 3. The van der Waals surface area contributed by atoms with Gasteiger partial charge in [0.05, 0.1) is 0 Å². The fraction of sp³-hybridized carbons (Fsp3) is 1.00. The maximum Gasteiger partial charge on any atom is 0.106 e. The van der Waals surface area contributed by atoms with Crippen LogP contribution in [0.5, 0.6) is 0 Å². The van der Waals surface area contributed by atoms with E-state index >= 15 is 0 Å². The normalized spacial score (nSPS) is 12.0. The van der Waals surface area contributed by atoms with Crippen LogP contribution in [0.2, 0.25) is 0 Å². The van der Waals surface area contributed by atoms with Crippen molar-refractivity contribution in [2.24, 2.45) is 0 Å². The van der Waals surface area contributed by atoms with E-state index in [-0.39, 0.29) is 0 Å². The molecule has 0 aromatic rings. The van der Waals surface area contributed by atoms with Gasteiger partial charge in [-0.2, -0.15) is 0 Å². The molecule has 0 unspecified atom stereocenters. The summed E-state index contributed by atoms with van der Waals surface area (Å²) in [5.41, 5.74) is 0. The minimum absolute atomic E-state index is 0.419. The summed E-state index contributed by atoms with van der Waals surface area (Å²) in [4.78, 5) is 0. The summed E-state index contributed by atoms with van der Waals surface area (Å²) in [5.74, 6) is 0. The topological polar surface area (TPSA) is 0 Å². The third kappa shape index (κ3) is 7.98. The van der Waals surface area contributed by atoms with E-state index < -0.39 is 0 Å². The van der Waals surface area contributed by atoms with E-state index in [1.165, 1.54) is 49.4 Å². The van der Waals surface area contributed by atoms with Gasteiger partial charge in [-0.05, 0) is 36.0 Å². The molecule has 0 aromatic heterocycles. The highest BCUT2D eigenvalue weighted by atomic mass is 127. The quantitative estimate of drug-likeness (QED) is 0.186. The molecule has 0 atom stereocenters. The number of halogens is 1. The van der Waals surface area contributed by atoms with Gasteiger partial charge in [-0.15, -0.1) is 35.3 Å². The summed E-state index contributed by atoms with van der Waals surface area (Å²) >= 11 is 8.52. The molecule has 0 aliphatic rings. The van der Waals surface area contributed by atoms with Gasteiger partial charge in [-0.25, -0.2) is 0 Å². The number of hydrogen-bond acceptors (Lipinski definition) is 3. The fourth-order valence-corrected chi connectivity index (χ4v) is 5.28. The summed E-state index contributed by atoms with van der Waals surface area (Å²) < 4.78 is 1.74. The van der Waals surface area contributed by atoms with Gasteiger partial charge in [0, 0.05) is 0 Å². The van der Waals surface area contributed by atoms with Crippen LogP contribution in [0.3, 0.4) is 0 Å². The average molecular weight is 392 g/mol. The Morgan fingerprint density at radius 2 is 1.19 bits per heavy atom. The third-order valence-electron chi connectivity index (χ3n) is 2.80. The largest absolute Gasteiger partial charge is 0.137 e. The zero-order valence-electron chi connectivity index (χ0n) is 10.8. The lowest BCUT2D eigenvalue weighted by atomic mass is 10.1. The molecule has 0 spiro atoms. The Morgan fingerprint density at radius 3 is 1.62 bits per heavy atom. The number of hydrogen-bond donors (Lipinski definition) is 0. The lowest BCUT2D eigenvalue weighted by Gasteiger charge is -2.27. The van der Waals surface area contributed by atoms with E-state index in [1.807, 2.05) is 35.3 Å².